The Kier molecular flexibility index (Phi) is 4.07. The number of azide groups is 2. The van der Waals surface area contributed by atoms with Crippen LogP contribution >= 0.6 is 0 Å². The molecule has 1 aromatic rings. The lowest BCUT2D eigenvalue weighted by Crippen LogP contribution is -2.22. The lowest BCUT2D eigenvalue weighted by atomic mass is 10.2. The molecule has 0 saturated heterocycles. The summed E-state index contributed by atoms with van der Waals surface area (Å²) in [6, 6.07) is 5.76. The second kappa shape index (κ2) is 6.15. The lowest BCUT2D eigenvalue weighted by molar-refractivity contribution is 0.891. The summed E-state index contributed by atoms with van der Waals surface area (Å²) in [4.78, 5) is 5.26. The second-order valence-corrected chi connectivity index (χ2v) is 3.82. The lowest BCUT2D eigenvalue weighted by Gasteiger charge is -2.06. The number of nitrogens with zero attached hydrogens (tertiary/aromatic N) is 7. The zero-order valence-corrected chi connectivity index (χ0v) is 9.93. The molecule has 0 spiro atoms. The van der Waals surface area contributed by atoms with Crippen molar-refractivity contribution in [2.45, 2.75) is 19.1 Å². The van der Waals surface area contributed by atoms with Crippen LogP contribution in [0.4, 0.5) is 11.4 Å². The van der Waals surface area contributed by atoms with Gasteiger partial charge in [0.15, 0.2) is 0 Å². The van der Waals surface area contributed by atoms with Crippen molar-refractivity contribution < 1.29 is 0 Å². The normalized spacial score (nSPS) is 15.9. The highest BCUT2D eigenvalue weighted by Crippen LogP contribution is 2.30. The van der Waals surface area contributed by atoms with Gasteiger partial charge in [0.05, 0.1) is 17.9 Å². The number of nitrogens with one attached hydrogen (secondary N) is 2. The summed E-state index contributed by atoms with van der Waals surface area (Å²) in [6.45, 7) is 0.328. The van der Waals surface area contributed by atoms with Gasteiger partial charge in [0.1, 0.15) is 12.4 Å². The van der Waals surface area contributed by atoms with Crippen LogP contribution in [0.15, 0.2) is 33.6 Å². The molecule has 0 aromatic heterocycles. The number of hydrogen-bond donors (Lipinski definition) is 2. The fraction of sp³-hybridized carbons (Fsp3) is 0.300. The number of benzene rings is 1. The summed E-state index contributed by atoms with van der Waals surface area (Å²) in [5, 5.41) is 16.6. The minimum atomic E-state index is 0.00219. The summed E-state index contributed by atoms with van der Waals surface area (Å²) in [5.74, 6) is 0. The molecule has 0 radical (unpaired) electrons. The fourth-order valence-corrected chi connectivity index (χ4v) is 1.79. The van der Waals surface area contributed by atoms with E-state index in [1.54, 1.807) is 0 Å². The third-order valence-corrected chi connectivity index (χ3v) is 2.57. The summed E-state index contributed by atoms with van der Waals surface area (Å²) >= 11 is 0. The average Bonchev–Trinajstić information content (AvgIpc) is 2.83. The van der Waals surface area contributed by atoms with Gasteiger partial charge >= 0.3 is 0 Å². The summed E-state index contributed by atoms with van der Waals surface area (Å²) in [7, 11) is 0. The van der Waals surface area contributed by atoms with Crippen LogP contribution in [0, 0.1) is 0 Å². The maximum absolute atomic E-state index is 8.29. The molecule has 2 N–H and O–H groups in total. The Morgan fingerprint density at radius 2 is 2.05 bits per heavy atom. The topological polar surface area (TPSA) is 134 Å². The van der Waals surface area contributed by atoms with Crippen LogP contribution in [-0.2, 0) is 6.54 Å². The van der Waals surface area contributed by atoms with Gasteiger partial charge in [-0.2, -0.15) is 4.91 Å². The van der Waals surface area contributed by atoms with Crippen molar-refractivity contribution in [1.82, 2.24) is 0 Å². The molecule has 1 aliphatic heterocycles. The van der Waals surface area contributed by atoms with Gasteiger partial charge in [0.2, 0.25) is 0 Å². The van der Waals surface area contributed by atoms with Crippen molar-refractivity contribution in [3.63, 3.8) is 0 Å². The monoisotopic (exact) mass is 257 g/mol. The molecule has 1 aromatic carbocycles. The van der Waals surface area contributed by atoms with E-state index in [4.69, 9.17) is 11.1 Å². The van der Waals surface area contributed by atoms with E-state index in [0.717, 1.165) is 16.9 Å². The first kappa shape index (κ1) is 12.6. The van der Waals surface area contributed by atoms with E-state index < -0.39 is 0 Å². The molecule has 0 amide bonds. The van der Waals surface area contributed by atoms with Crippen LogP contribution in [0.5, 0.6) is 0 Å². The molecule has 1 atom stereocenters. The van der Waals surface area contributed by atoms with E-state index in [1.807, 2.05) is 18.2 Å². The first-order chi connectivity index (χ1) is 9.33. The quantitative estimate of drug-likeness (QED) is 0.275. The highest BCUT2D eigenvalue weighted by Gasteiger charge is 2.18. The van der Waals surface area contributed by atoms with Crippen molar-refractivity contribution in [3.8, 4) is 0 Å². The molecule has 1 heterocycles. The first-order valence-corrected chi connectivity index (χ1v) is 5.56. The van der Waals surface area contributed by atoms with Gasteiger partial charge in [-0.25, -0.2) is 0 Å². The van der Waals surface area contributed by atoms with Gasteiger partial charge in [-0.15, -0.1) is 5.53 Å². The molecule has 2 rings (SSSR count). The summed E-state index contributed by atoms with van der Waals surface area (Å²) in [5.41, 5.74) is 19.2. The Hall–Kier alpha value is -2.89. The first-order valence-electron chi connectivity index (χ1n) is 5.56. The molecule has 0 saturated carbocycles. The Balaban J connectivity index is 1.99. The Morgan fingerprint density at radius 3 is 2.84 bits per heavy atom. The van der Waals surface area contributed by atoms with Crippen molar-refractivity contribution in [1.29, 1.82) is 0 Å². The van der Waals surface area contributed by atoms with Gasteiger partial charge < -0.3 is 10.6 Å². The maximum atomic E-state index is 8.29. The van der Waals surface area contributed by atoms with E-state index in [-0.39, 0.29) is 6.17 Å². The molecule has 19 heavy (non-hydrogen) atoms. The zero-order valence-electron chi connectivity index (χ0n) is 9.93. The van der Waals surface area contributed by atoms with Crippen LogP contribution in [0.2, 0.25) is 0 Å². The molecule has 96 valence electrons. The van der Waals surface area contributed by atoms with Crippen LogP contribution in [0.25, 0.3) is 20.9 Å². The van der Waals surface area contributed by atoms with Crippen molar-refractivity contribution in [2.24, 2.45) is 15.4 Å². The van der Waals surface area contributed by atoms with Crippen molar-refractivity contribution in [2.75, 3.05) is 10.6 Å². The molecule has 0 aliphatic carbocycles. The van der Waals surface area contributed by atoms with Crippen LogP contribution in [0.1, 0.15) is 12.0 Å². The molecule has 0 bridgehead atoms. The van der Waals surface area contributed by atoms with Gasteiger partial charge in [-0.3, -0.25) is 0 Å². The second-order valence-electron chi connectivity index (χ2n) is 3.82. The number of anilines is 2. The molecular weight excluding hydrogens is 246 g/mol. The maximum Gasteiger partial charge on any atom is 0.125 e. The highest BCUT2D eigenvalue weighted by atomic mass is 15.4. The Morgan fingerprint density at radius 1 is 1.21 bits per heavy atom. The van der Waals surface area contributed by atoms with E-state index in [2.05, 4.69) is 35.9 Å². The van der Waals surface area contributed by atoms with E-state index in [9.17, 15) is 0 Å². The zero-order chi connectivity index (χ0) is 13.5. The van der Waals surface area contributed by atoms with E-state index in [0.29, 0.717) is 13.0 Å². The fourth-order valence-electron chi connectivity index (χ4n) is 1.79. The van der Waals surface area contributed by atoms with Gasteiger partial charge in [-0.1, -0.05) is 11.2 Å². The third-order valence-electron chi connectivity index (χ3n) is 2.57. The standard InChI is InChI=1S/C10H11N9/c11-17-14-6-7-1-2-8-9(5-7)16-10(15-8)3-4-13-19-18-12/h1-2,4-5,10,15-16H,3,6H2. The minimum absolute atomic E-state index is 0.00219. The van der Waals surface area contributed by atoms with Crippen LogP contribution in [-0.4, -0.2) is 12.4 Å². The number of hydrogen-bond acceptors (Lipinski definition) is 4. The Labute approximate surface area is 108 Å². The molecule has 0 fully saturated rings. The smallest absolute Gasteiger partial charge is 0.125 e. The van der Waals surface area contributed by atoms with Crippen molar-refractivity contribution >= 4 is 17.6 Å². The predicted octanol–water partition coefficient (Wildman–Crippen LogP) is 3.35. The van der Waals surface area contributed by atoms with Crippen LogP contribution in [0.3, 0.4) is 0 Å². The SMILES string of the molecule is [N-]=[N+]=NCc1ccc2c(c1)NC(CC=NN=[N+]=[N-])N2. The molecule has 1 unspecified atom stereocenters. The van der Waals surface area contributed by atoms with E-state index >= 15 is 0 Å². The predicted molar refractivity (Wildman–Crippen MR) is 72.6 cm³/mol. The number of fused-ring (bicyclic) bond motifs is 1. The van der Waals surface area contributed by atoms with Crippen molar-refractivity contribution in [3.05, 3.63) is 44.6 Å². The molecule has 9 heteroatoms. The summed E-state index contributed by atoms with van der Waals surface area (Å²) in [6.07, 6.45) is 2.12. The van der Waals surface area contributed by atoms with Crippen LogP contribution < -0.4 is 10.6 Å². The number of rotatable bonds is 5. The van der Waals surface area contributed by atoms with Gasteiger partial charge in [-0.05, 0) is 28.3 Å². The molecule has 1 aliphatic rings. The molecular formula is C10H11N9. The molecule has 9 nitrogen and oxygen atoms in total. The van der Waals surface area contributed by atoms with E-state index in [1.165, 1.54) is 6.21 Å². The summed E-state index contributed by atoms with van der Waals surface area (Å²) < 4.78 is 0. The third kappa shape index (κ3) is 3.29. The highest BCUT2D eigenvalue weighted by molar-refractivity contribution is 5.76. The Bertz CT molecular complexity index is 581. The minimum Gasteiger partial charge on any atom is -0.363 e. The van der Waals surface area contributed by atoms with Gasteiger partial charge in [0, 0.05) is 16.6 Å². The largest absolute Gasteiger partial charge is 0.363 e. The van der Waals surface area contributed by atoms with Gasteiger partial charge in [0.25, 0.3) is 0 Å². The average molecular weight is 257 g/mol.